The summed E-state index contributed by atoms with van der Waals surface area (Å²) in [5, 5.41) is 3.04. The van der Waals surface area contributed by atoms with Gasteiger partial charge in [0.1, 0.15) is 0 Å². The molecule has 1 aromatic rings. The molecule has 21 heavy (non-hydrogen) atoms. The summed E-state index contributed by atoms with van der Waals surface area (Å²) in [5.41, 5.74) is 0.975. The maximum atomic E-state index is 12.8. The third-order valence-electron chi connectivity index (χ3n) is 3.19. The molecule has 5 nitrogen and oxygen atoms in total. The second-order valence-electron chi connectivity index (χ2n) is 5.39. The number of rotatable bonds is 9. The molecule has 0 aliphatic heterocycles. The molecule has 0 atom stereocenters. The maximum Gasteiger partial charge on any atom is 0.243 e. The Balaban J connectivity index is 3.01. The lowest BCUT2D eigenvalue weighted by molar-refractivity contribution is 0.333. The average molecular weight is 313 g/mol. The number of nitrogens with one attached hydrogen (secondary N) is 1. The summed E-state index contributed by atoms with van der Waals surface area (Å²) in [7, 11) is 2.33. The minimum absolute atomic E-state index is 0.377. The van der Waals surface area contributed by atoms with Gasteiger partial charge in [0.15, 0.2) is 0 Å². The minimum Gasteiger partial charge on any atom is -0.316 e. The van der Waals surface area contributed by atoms with Crippen LogP contribution in [0.3, 0.4) is 0 Å². The maximum absolute atomic E-state index is 12.8. The molecule has 0 fully saturated rings. The second kappa shape index (κ2) is 8.48. The normalized spacial score (nSPS) is 12.3. The van der Waals surface area contributed by atoms with E-state index in [0.29, 0.717) is 24.5 Å². The molecule has 0 saturated carbocycles. The highest BCUT2D eigenvalue weighted by atomic mass is 32.2. The Labute approximate surface area is 129 Å². The fraction of sp³-hybridized carbons (Fsp3) is 0.600. The van der Waals surface area contributed by atoms with Gasteiger partial charge in [0, 0.05) is 26.2 Å². The van der Waals surface area contributed by atoms with Crippen molar-refractivity contribution >= 4 is 10.0 Å². The molecule has 1 aromatic carbocycles. The molecule has 0 spiro atoms. The number of nitrogens with zero attached hydrogens (tertiary/aromatic N) is 2. The number of likely N-dealkylation sites (N-methyl/N-ethyl adjacent to an activating group) is 1. The highest BCUT2D eigenvalue weighted by Crippen LogP contribution is 2.17. The van der Waals surface area contributed by atoms with E-state index in [9.17, 15) is 8.42 Å². The van der Waals surface area contributed by atoms with Gasteiger partial charge in [-0.05, 0) is 45.3 Å². The van der Waals surface area contributed by atoms with E-state index in [1.807, 2.05) is 39.0 Å². The van der Waals surface area contributed by atoms with Crippen LogP contribution in [0.4, 0.5) is 0 Å². The summed E-state index contributed by atoms with van der Waals surface area (Å²) in [6, 6.07) is 7.16. The third-order valence-corrected chi connectivity index (χ3v) is 5.08. The van der Waals surface area contributed by atoms with Crippen molar-refractivity contribution < 1.29 is 8.42 Å². The number of sulfonamides is 1. The summed E-state index contributed by atoms with van der Waals surface area (Å²) in [5.74, 6) is 0. The van der Waals surface area contributed by atoms with Gasteiger partial charge in [-0.15, -0.1) is 0 Å². The van der Waals surface area contributed by atoms with Crippen LogP contribution in [0.25, 0.3) is 0 Å². The lowest BCUT2D eigenvalue weighted by Crippen LogP contribution is -2.37. The van der Waals surface area contributed by atoms with Crippen LogP contribution in [0.2, 0.25) is 0 Å². The molecule has 0 unspecified atom stereocenters. The first-order valence-electron chi connectivity index (χ1n) is 7.30. The van der Waals surface area contributed by atoms with E-state index in [2.05, 4.69) is 5.32 Å². The molecule has 1 rings (SSSR count). The molecule has 1 N–H and O–H groups in total. The van der Waals surface area contributed by atoms with E-state index in [0.717, 1.165) is 18.5 Å². The topological polar surface area (TPSA) is 52.7 Å². The van der Waals surface area contributed by atoms with Crippen molar-refractivity contribution in [2.24, 2.45) is 0 Å². The van der Waals surface area contributed by atoms with Crippen molar-refractivity contribution in [2.75, 3.05) is 40.8 Å². The van der Waals surface area contributed by atoms with E-state index in [1.54, 1.807) is 22.5 Å². The van der Waals surface area contributed by atoms with Gasteiger partial charge in [0.2, 0.25) is 10.0 Å². The van der Waals surface area contributed by atoms with Crippen LogP contribution in [-0.4, -0.2) is 58.4 Å². The molecule has 0 heterocycles. The van der Waals surface area contributed by atoms with E-state index < -0.39 is 10.0 Å². The van der Waals surface area contributed by atoms with E-state index in [1.165, 1.54) is 0 Å². The van der Waals surface area contributed by atoms with Crippen molar-refractivity contribution in [1.29, 1.82) is 0 Å². The summed E-state index contributed by atoms with van der Waals surface area (Å²) < 4.78 is 27.1. The van der Waals surface area contributed by atoms with Crippen molar-refractivity contribution in [2.45, 2.75) is 24.8 Å². The molecule has 0 radical (unpaired) electrons. The van der Waals surface area contributed by atoms with Gasteiger partial charge < -0.3 is 10.2 Å². The summed E-state index contributed by atoms with van der Waals surface area (Å²) >= 11 is 0. The molecule has 6 heteroatoms. The standard InChI is InChI=1S/C15H27N3O2S/c1-5-9-18(11-10-17(3)4)21(19,20)15-8-6-7-14(12-15)13-16-2/h6-8,12,16H,5,9-11,13H2,1-4H3. The average Bonchev–Trinajstić information content (AvgIpc) is 2.43. The first-order chi connectivity index (χ1) is 9.91. The predicted molar refractivity (Wildman–Crippen MR) is 86.8 cm³/mol. The fourth-order valence-electron chi connectivity index (χ4n) is 2.08. The molecule has 0 saturated heterocycles. The van der Waals surface area contributed by atoms with Crippen LogP contribution in [0.1, 0.15) is 18.9 Å². The van der Waals surface area contributed by atoms with E-state index in [4.69, 9.17) is 0 Å². The monoisotopic (exact) mass is 313 g/mol. The van der Waals surface area contributed by atoms with Crippen LogP contribution < -0.4 is 5.32 Å². The molecular formula is C15H27N3O2S. The zero-order valence-electron chi connectivity index (χ0n) is 13.5. The van der Waals surface area contributed by atoms with Gasteiger partial charge >= 0.3 is 0 Å². The van der Waals surface area contributed by atoms with Crippen molar-refractivity contribution in [3.63, 3.8) is 0 Å². The van der Waals surface area contributed by atoms with Crippen LogP contribution in [-0.2, 0) is 16.6 Å². The van der Waals surface area contributed by atoms with Crippen LogP contribution in [0.15, 0.2) is 29.2 Å². The van der Waals surface area contributed by atoms with Gasteiger partial charge in [0.25, 0.3) is 0 Å². The van der Waals surface area contributed by atoms with Crippen molar-refractivity contribution in [3.05, 3.63) is 29.8 Å². The summed E-state index contributed by atoms with van der Waals surface area (Å²) in [4.78, 5) is 2.37. The molecule has 0 aliphatic rings. The van der Waals surface area contributed by atoms with Gasteiger partial charge in [-0.2, -0.15) is 4.31 Å². The molecule has 0 aliphatic carbocycles. The van der Waals surface area contributed by atoms with Crippen molar-refractivity contribution in [3.8, 4) is 0 Å². The van der Waals surface area contributed by atoms with Gasteiger partial charge in [0.05, 0.1) is 4.90 Å². The Morgan fingerprint density at radius 3 is 2.43 bits per heavy atom. The lowest BCUT2D eigenvalue weighted by atomic mass is 10.2. The second-order valence-corrected chi connectivity index (χ2v) is 7.32. The number of hydrogen-bond acceptors (Lipinski definition) is 4. The highest BCUT2D eigenvalue weighted by molar-refractivity contribution is 7.89. The van der Waals surface area contributed by atoms with Gasteiger partial charge in [-0.3, -0.25) is 0 Å². The molecule has 0 bridgehead atoms. The van der Waals surface area contributed by atoms with Gasteiger partial charge in [-0.25, -0.2) is 8.42 Å². The highest BCUT2D eigenvalue weighted by Gasteiger charge is 2.23. The Hall–Kier alpha value is -0.950. The van der Waals surface area contributed by atoms with E-state index in [-0.39, 0.29) is 0 Å². The molecule has 0 amide bonds. The zero-order chi connectivity index (χ0) is 15.9. The quantitative estimate of drug-likeness (QED) is 0.748. The fourth-order valence-corrected chi connectivity index (χ4v) is 3.68. The molecule has 0 aromatic heterocycles. The predicted octanol–water partition coefficient (Wildman–Crippen LogP) is 1.37. The largest absolute Gasteiger partial charge is 0.316 e. The summed E-state index contributed by atoms with van der Waals surface area (Å²) in [6.07, 6.45) is 0.808. The Bertz CT molecular complexity index is 529. The molecular weight excluding hydrogens is 286 g/mol. The van der Waals surface area contributed by atoms with E-state index >= 15 is 0 Å². The first-order valence-corrected chi connectivity index (χ1v) is 8.74. The minimum atomic E-state index is -3.42. The van der Waals surface area contributed by atoms with Crippen LogP contribution in [0, 0.1) is 0 Å². The Morgan fingerprint density at radius 1 is 1.14 bits per heavy atom. The van der Waals surface area contributed by atoms with Crippen molar-refractivity contribution in [1.82, 2.24) is 14.5 Å². The lowest BCUT2D eigenvalue weighted by Gasteiger charge is -2.23. The summed E-state index contributed by atoms with van der Waals surface area (Å²) in [6.45, 7) is 4.44. The Kier molecular flexibility index (Phi) is 7.31. The SMILES string of the molecule is CCCN(CCN(C)C)S(=O)(=O)c1cccc(CNC)c1. The van der Waals surface area contributed by atoms with Crippen LogP contribution in [0.5, 0.6) is 0 Å². The van der Waals surface area contributed by atoms with Gasteiger partial charge in [-0.1, -0.05) is 19.1 Å². The number of benzene rings is 1. The zero-order valence-corrected chi connectivity index (χ0v) is 14.3. The first kappa shape index (κ1) is 18.1. The number of hydrogen-bond donors (Lipinski definition) is 1. The third kappa shape index (κ3) is 5.39. The van der Waals surface area contributed by atoms with Crippen LogP contribution >= 0.6 is 0 Å². The smallest absolute Gasteiger partial charge is 0.243 e. The Morgan fingerprint density at radius 2 is 1.86 bits per heavy atom. The molecule has 120 valence electrons.